The molecule has 5 nitrogen and oxygen atoms in total. The van der Waals surface area contributed by atoms with E-state index >= 15 is 0 Å². The molecular formula is C12H27N3O2S. The van der Waals surface area contributed by atoms with Crippen LogP contribution < -0.4 is 10.0 Å². The zero-order valence-corrected chi connectivity index (χ0v) is 12.8. The molecule has 2 N–H and O–H groups in total. The Morgan fingerprint density at radius 2 is 1.89 bits per heavy atom. The van der Waals surface area contributed by atoms with Gasteiger partial charge in [-0.1, -0.05) is 13.8 Å². The predicted molar refractivity (Wildman–Crippen MR) is 75.2 cm³/mol. The molecule has 1 aliphatic carbocycles. The zero-order valence-electron chi connectivity index (χ0n) is 12.0. The Kier molecular flexibility index (Phi) is 5.58. The fourth-order valence-electron chi connectivity index (χ4n) is 2.17. The molecule has 0 aliphatic heterocycles. The first-order chi connectivity index (χ1) is 8.27. The molecule has 0 unspecified atom stereocenters. The minimum atomic E-state index is -3.16. The number of nitrogens with zero attached hydrogens (tertiary/aromatic N) is 1. The van der Waals surface area contributed by atoms with Crippen LogP contribution in [0.2, 0.25) is 0 Å². The molecule has 1 saturated carbocycles. The Balaban J connectivity index is 2.37. The van der Waals surface area contributed by atoms with E-state index in [1.54, 1.807) is 0 Å². The van der Waals surface area contributed by atoms with Crippen molar-refractivity contribution in [2.24, 2.45) is 0 Å². The minimum Gasteiger partial charge on any atom is -0.313 e. The summed E-state index contributed by atoms with van der Waals surface area (Å²) in [5, 5.41) is 3.12. The van der Waals surface area contributed by atoms with Crippen LogP contribution in [0.25, 0.3) is 0 Å². The molecule has 0 heterocycles. The van der Waals surface area contributed by atoms with E-state index < -0.39 is 10.0 Å². The zero-order chi connectivity index (χ0) is 13.8. The predicted octanol–water partition coefficient (Wildman–Crippen LogP) is 0.388. The quantitative estimate of drug-likeness (QED) is 0.674. The number of hydrogen-bond donors (Lipinski definition) is 2. The fraction of sp³-hybridized carbons (Fsp3) is 1.00. The molecule has 0 amide bonds. The minimum absolute atomic E-state index is 0.0402. The summed E-state index contributed by atoms with van der Waals surface area (Å²) >= 11 is 0. The van der Waals surface area contributed by atoms with E-state index in [1.165, 1.54) is 6.42 Å². The fourth-order valence-corrected chi connectivity index (χ4v) is 3.18. The topological polar surface area (TPSA) is 61.4 Å². The Labute approximate surface area is 111 Å². The first-order valence-corrected chi connectivity index (χ1v) is 8.31. The Bertz CT molecular complexity index is 348. The molecule has 1 rings (SSSR count). The lowest BCUT2D eigenvalue weighted by Gasteiger charge is -2.47. The lowest BCUT2D eigenvalue weighted by atomic mass is 9.76. The van der Waals surface area contributed by atoms with Gasteiger partial charge in [0, 0.05) is 24.7 Å². The van der Waals surface area contributed by atoms with Crippen molar-refractivity contribution in [2.75, 3.05) is 32.9 Å². The molecule has 0 aromatic carbocycles. The molecule has 6 heteroatoms. The lowest BCUT2D eigenvalue weighted by Crippen LogP contribution is -2.57. The van der Waals surface area contributed by atoms with Crippen molar-refractivity contribution in [3.63, 3.8) is 0 Å². The summed E-state index contributed by atoms with van der Waals surface area (Å²) in [6.07, 6.45) is 3.34. The van der Waals surface area contributed by atoms with Crippen LogP contribution in [0.1, 0.15) is 33.1 Å². The first kappa shape index (κ1) is 15.9. The molecule has 0 aromatic rings. The number of likely N-dealkylation sites (N-methyl/N-ethyl adjacent to an activating group) is 1. The van der Waals surface area contributed by atoms with Gasteiger partial charge in [0.2, 0.25) is 10.0 Å². The summed E-state index contributed by atoms with van der Waals surface area (Å²) in [4.78, 5) is 2.14. The summed E-state index contributed by atoms with van der Waals surface area (Å²) in [6, 6.07) is 0.319. The molecule has 0 aromatic heterocycles. The summed E-state index contributed by atoms with van der Waals surface area (Å²) in [5.74, 6) is 0.148. The highest BCUT2D eigenvalue weighted by molar-refractivity contribution is 7.89. The monoisotopic (exact) mass is 277 g/mol. The molecule has 0 radical (unpaired) electrons. The van der Waals surface area contributed by atoms with E-state index in [2.05, 4.69) is 14.9 Å². The van der Waals surface area contributed by atoms with Gasteiger partial charge >= 0.3 is 0 Å². The van der Waals surface area contributed by atoms with Crippen molar-refractivity contribution in [3.05, 3.63) is 0 Å². The van der Waals surface area contributed by atoms with Crippen molar-refractivity contribution < 1.29 is 8.42 Å². The molecule has 108 valence electrons. The maximum absolute atomic E-state index is 11.9. The van der Waals surface area contributed by atoms with Gasteiger partial charge in [-0.05, 0) is 33.4 Å². The SMILES string of the molecule is CC(C)NCCS(=O)(=O)NCC1(N(C)C)CCC1. The van der Waals surface area contributed by atoms with E-state index in [-0.39, 0.29) is 11.3 Å². The van der Waals surface area contributed by atoms with Gasteiger partial charge in [-0.25, -0.2) is 13.1 Å². The van der Waals surface area contributed by atoms with Gasteiger partial charge in [0.1, 0.15) is 0 Å². The molecule has 1 fully saturated rings. The van der Waals surface area contributed by atoms with E-state index in [0.717, 1.165) is 12.8 Å². The van der Waals surface area contributed by atoms with Crippen LogP contribution in [-0.4, -0.2) is 57.8 Å². The third-order valence-electron chi connectivity index (χ3n) is 3.78. The van der Waals surface area contributed by atoms with Gasteiger partial charge < -0.3 is 10.2 Å². The molecule has 0 spiro atoms. The highest BCUT2D eigenvalue weighted by Gasteiger charge is 2.39. The lowest BCUT2D eigenvalue weighted by molar-refractivity contribution is 0.0657. The summed E-state index contributed by atoms with van der Waals surface area (Å²) < 4.78 is 26.5. The van der Waals surface area contributed by atoms with Gasteiger partial charge in [0.25, 0.3) is 0 Å². The molecule has 0 atom stereocenters. The maximum Gasteiger partial charge on any atom is 0.212 e. The van der Waals surface area contributed by atoms with Gasteiger partial charge in [-0.15, -0.1) is 0 Å². The number of hydrogen-bond acceptors (Lipinski definition) is 4. The third-order valence-corrected chi connectivity index (χ3v) is 5.10. The van der Waals surface area contributed by atoms with Crippen molar-refractivity contribution in [1.82, 2.24) is 14.9 Å². The van der Waals surface area contributed by atoms with Gasteiger partial charge in [0.15, 0.2) is 0 Å². The summed E-state index contributed by atoms with van der Waals surface area (Å²) in [5.41, 5.74) is 0.0402. The number of nitrogens with one attached hydrogen (secondary N) is 2. The van der Waals surface area contributed by atoms with Crippen LogP contribution in [0.15, 0.2) is 0 Å². The molecule has 18 heavy (non-hydrogen) atoms. The van der Waals surface area contributed by atoms with Crippen LogP contribution in [-0.2, 0) is 10.0 Å². The Morgan fingerprint density at radius 3 is 2.28 bits per heavy atom. The molecule has 0 bridgehead atoms. The average molecular weight is 277 g/mol. The molecule has 0 saturated heterocycles. The standard InChI is InChI=1S/C12H27N3O2S/c1-11(2)13-8-9-18(16,17)14-10-12(15(3)4)6-5-7-12/h11,13-14H,5-10H2,1-4H3. The van der Waals surface area contributed by atoms with E-state index in [9.17, 15) is 8.42 Å². The highest BCUT2D eigenvalue weighted by Crippen LogP contribution is 2.35. The largest absolute Gasteiger partial charge is 0.313 e. The third kappa shape index (κ3) is 4.50. The second-order valence-electron chi connectivity index (χ2n) is 5.72. The van der Waals surface area contributed by atoms with Crippen molar-refractivity contribution >= 4 is 10.0 Å². The van der Waals surface area contributed by atoms with Crippen LogP contribution >= 0.6 is 0 Å². The Hall–Kier alpha value is -0.170. The van der Waals surface area contributed by atoms with Crippen molar-refractivity contribution in [3.8, 4) is 0 Å². The highest BCUT2D eigenvalue weighted by atomic mass is 32.2. The second kappa shape index (κ2) is 6.32. The van der Waals surface area contributed by atoms with E-state index in [4.69, 9.17) is 0 Å². The number of sulfonamides is 1. The first-order valence-electron chi connectivity index (χ1n) is 6.66. The maximum atomic E-state index is 11.9. The summed E-state index contributed by atoms with van der Waals surface area (Å²) in [7, 11) is 0.884. The van der Waals surface area contributed by atoms with Gasteiger partial charge in [-0.2, -0.15) is 0 Å². The summed E-state index contributed by atoms with van der Waals surface area (Å²) in [6.45, 7) is 5.05. The van der Waals surface area contributed by atoms with E-state index in [0.29, 0.717) is 19.1 Å². The van der Waals surface area contributed by atoms with E-state index in [1.807, 2.05) is 27.9 Å². The number of rotatable bonds is 8. The van der Waals surface area contributed by atoms with Crippen molar-refractivity contribution in [2.45, 2.75) is 44.7 Å². The van der Waals surface area contributed by atoms with Crippen LogP contribution in [0.5, 0.6) is 0 Å². The molecule has 1 aliphatic rings. The smallest absolute Gasteiger partial charge is 0.212 e. The van der Waals surface area contributed by atoms with Crippen LogP contribution in [0.4, 0.5) is 0 Å². The van der Waals surface area contributed by atoms with Gasteiger partial charge in [-0.3, -0.25) is 0 Å². The van der Waals surface area contributed by atoms with Gasteiger partial charge in [0.05, 0.1) is 5.75 Å². The van der Waals surface area contributed by atoms with Crippen molar-refractivity contribution in [1.29, 1.82) is 0 Å². The average Bonchev–Trinajstić information content (AvgIpc) is 2.13. The Morgan fingerprint density at radius 1 is 1.28 bits per heavy atom. The second-order valence-corrected chi connectivity index (χ2v) is 7.65. The van der Waals surface area contributed by atoms with Crippen LogP contribution in [0.3, 0.4) is 0 Å². The molecular weight excluding hydrogens is 250 g/mol. The van der Waals surface area contributed by atoms with Crippen LogP contribution in [0, 0.1) is 0 Å². The normalized spacial score (nSPS) is 19.2.